The van der Waals surface area contributed by atoms with Crippen molar-refractivity contribution in [1.29, 1.82) is 0 Å². The molecule has 2 atom stereocenters. The minimum Gasteiger partial charge on any atom is -0.492 e. The van der Waals surface area contributed by atoms with Crippen molar-refractivity contribution in [3.05, 3.63) is 65.7 Å². The van der Waals surface area contributed by atoms with Crippen LogP contribution in [0.1, 0.15) is 37.5 Å². The van der Waals surface area contributed by atoms with Crippen LogP contribution in [0.4, 0.5) is 0 Å². The van der Waals surface area contributed by atoms with Crippen molar-refractivity contribution in [2.24, 2.45) is 0 Å². The molecule has 0 unspecified atom stereocenters. The standard InChI is InChI=1S/C20H27NO2/c1-3-20(22)18-9-11-19(12-10-18)23-14-13-21-16(2)15-17-7-5-4-6-8-17/h4-12,16,20-22H,3,13-15H2,1-2H3/t16-,20-/m0/s1. The number of aliphatic hydroxyl groups excluding tert-OH is 1. The average molecular weight is 313 g/mol. The van der Waals surface area contributed by atoms with Gasteiger partial charge in [0.2, 0.25) is 0 Å². The van der Waals surface area contributed by atoms with E-state index >= 15 is 0 Å². The van der Waals surface area contributed by atoms with Gasteiger partial charge in [-0.1, -0.05) is 49.4 Å². The fraction of sp³-hybridized carbons (Fsp3) is 0.400. The van der Waals surface area contributed by atoms with Gasteiger partial charge in [-0.05, 0) is 43.0 Å². The lowest BCUT2D eigenvalue weighted by atomic mass is 10.1. The van der Waals surface area contributed by atoms with E-state index in [0.29, 0.717) is 12.6 Å². The second-order valence-corrected chi connectivity index (χ2v) is 5.89. The molecule has 0 saturated carbocycles. The summed E-state index contributed by atoms with van der Waals surface area (Å²) in [5.41, 5.74) is 2.29. The Labute approximate surface area is 139 Å². The average Bonchev–Trinajstić information content (AvgIpc) is 2.59. The Morgan fingerprint density at radius 3 is 2.39 bits per heavy atom. The highest BCUT2D eigenvalue weighted by atomic mass is 16.5. The van der Waals surface area contributed by atoms with Crippen LogP contribution in [-0.2, 0) is 6.42 Å². The highest BCUT2D eigenvalue weighted by molar-refractivity contribution is 5.28. The zero-order chi connectivity index (χ0) is 16.5. The molecule has 0 aromatic heterocycles. The maximum atomic E-state index is 9.77. The summed E-state index contributed by atoms with van der Waals surface area (Å²) in [5, 5.41) is 13.2. The summed E-state index contributed by atoms with van der Waals surface area (Å²) in [6.07, 6.45) is 1.36. The molecule has 2 N–H and O–H groups in total. The van der Waals surface area contributed by atoms with Crippen LogP contribution < -0.4 is 10.1 Å². The Morgan fingerprint density at radius 1 is 1.04 bits per heavy atom. The third kappa shape index (κ3) is 6.05. The Bertz CT molecular complexity index is 554. The van der Waals surface area contributed by atoms with Gasteiger partial charge in [0.15, 0.2) is 0 Å². The van der Waals surface area contributed by atoms with E-state index in [0.717, 1.165) is 30.7 Å². The fourth-order valence-electron chi connectivity index (χ4n) is 2.54. The molecule has 0 saturated heterocycles. The Balaban J connectivity index is 1.67. The zero-order valence-corrected chi connectivity index (χ0v) is 14.0. The monoisotopic (exact) mass is 313 g/mol. The van der Waals surface area contributed by atoms with E-state index in [-0.39, 0.29) is 6.10 Å². The van der Waals surface area contributed by atoms with Gasteiger partial charge in [-0.25, -0.2) is 0 Å². The van der Waals surface area contributed by atoms with Gasteiger partial charge < -0.3 is 15.2 Å². The van der Waals surface area contributed by atoms with E-state index in [1.807, 2.05) is 37.3 Å². The first-order valence-corrected chi connectivity index (χ1v) is 8.37. The number of hydrogen-bond donors (Lipinski definition) is 2. The van der Waals surface area contributed by atoms with E-state index in [1.165, 1.54) is 5.56 Å². The van der Waals surface area contributed by atoms with Crippen molar-refractivity contribution in [3.63, 3.8) is 0 Å². The van der Waals surface area contributed by atoms with Crippen molar-refractivity contribution >= 4 is 0 Å². The normalized spacial score (nSPS) is 13.5. The zero-order valence-electron chi connectivity index (χ0n) is 14.0. The molecular formula is C20H27NO2. The number of rotatable bonds is 9. The highest BCUT2D eigenvalue weighted by Gasteiger charge is 2.05. The summed E-state index contributed by atoms with van der Waals surface area (Å²) < 4.78 is 5.73. The van der Waals surface area contributed by atoms with E-state index in [1.54, 1.807) is 0 Å². The first-order valence-electron chi connectivity index (χ1n) is 8.37. The number of benzene rings is 2. The van der Waals surface area contributed by atoms with Crippen LogP contribution in [0.2, 0.25) is 0 Å². The van der Waals surface area contributed by atoms with Crippen molar-refractivity contribution in [1.82, 2.24) is 5.32 Å². The summed E-state index contributed by atoms with van der Waals surface area (Å²) in [5.74, 6) is 0.842. The Morgan fingerprint density at radius 2 is 1.74 bits per heavy atom. The molecule has 0 amide bonds. The first kappa shape index (κ1) is 17.5. The molecule has 23 heavy (non-hydrogen) atoms. The van der Waals surface area contributed by atoms with Crippen LogP contribution in [0.5, 0.6) is 5.75 Å². The molecule has 0 radical (unpaired) electrons. The maximum Gasteiger partial charge on any atom is 0.119 e. The molecule has 0 fully saturated rings. The molecular weight excluding hydrogens is 286 g/mol. The first-order chi connectivity index (χ1) is 11.2. The van der Waals surface area contributed by atoms with E-state index < -0.39 is 0 Å². The summed E-state index contributed by atoms with van der Waals surface area (Å²) >= 11 is 0. The third-order valence-corrected chi connectivity index (χ3v) is 3.90. The van der Waals surface area contributed by atoms with E-state index in [9.17, 15) is 5.11 Å². The van der Waals surface area contributed by atoms with Crippen molar-refractivity contribution < 1.29 is 9.84 Å². The van der Waals surface area contributed by atoms with E-state index in [4.69, 9.17) is 4.74 Å². The van der Waals surface area contributed by atoms with Crippen molar-refractivity contribution in [2.45, 2.75) is 38.8 Å². The molecule has 2 aromatic rings. The minimum atomic E-state index is -0.385. The molecule has 3 heteroatoms. The van der Waals surface area contributed by atoms with Gasteiger partial charge in [-0.15, -0.1) is 0 Å². The van der Waals surface area contributed by atoms with Gasteiger partial charge in [0.25, 0.3) is 0 Å². The summed E-state index contributed by atoms with van der Waals surface area (Å²) in [6.45, 7) is 5.60. The van der Waals surface area contributed by atoms with Crippen LogP contribution in [0, 0.1) is 0 Å². The maximum absolute atomic E-state index is 9.77. The van der Waals surface area contributed by atoms with Gasteiger partial charge in [-0.3, -0.25) is 0 Å². The molecule has 124 valence electrons. The topological polar surface area (TPSA) is 41.5 Å². The summed E-state index contributed by atoms with van der Waals surface area (Å²) in [6, 6.07) is 18.6. The molecule has 2 rings (SSSR count). The number of aliphatic hydroxyl groups is 1. The number of nitrogens with one attached hydrogen (secondary N) is 1. The smallest absolute Gasteiger partial charge is 0.119 e. The van der Waals surface area contributed by atoms with Crippen LogP contribution in [-0.4, -0.2) is 24.3 Å². The fourth-order valence-corrected chi connectivity index (χ4v) is 2.54. The SMILES string of the molecule is CC[C@H](O)c1ccc(OCCN[C@@H](C)Cc2ccccc2)cc1. The number of ether oxygens (including phenoxy) is 1. The Hall–Kier alpha value is -1.84. The third-order valence-electron chi connectivity index (χ3n) is 3.90. The van der Waals surface area contributed by atoms with E-state index in [2.05, 4.69) is 36.5 Å². The lowest BCUT2D eigenvalue weighted by molar-refractivity contribution is 0.173. The van der Waals surface area contributed by atoms with Gasteiger partial charge in [0, 0.05) is 12.6 Å². The van der Waals surface area contributed by atoms with Crippen LogP contribution >= 0.6 is 0 Å². The van der Waals surface area contributed by atoms with Crippen LogP contribution in [0.25, 0.3) is 0 Å². The van der Waals surface area contributed by atoms with Gasteiger partial charge in [0.05, 0.1) is 6.10 Å². The molecule has 0 aliphatic carbocycles. The number of hydrogen-bond acceptors (Lipinski definition) is 3. The summed E-state index contributed by atoms with van der Waals surface area (Å²) in [7, 11) is 0. The van der Waals surface area contributed by atoms with Crippen molar-refractivity contribution in [2.75, 3.05) is 13.2 Å². The second-order valence-electron chi connectivity index (χ2n) is 5.89. The second kappa shape index (κ2) is 9.33. The van der Waals surface area contributed by atoms with Crippen molar-refractivity contribution in [3.8, 4) is 5.75 Å². The lowest BCUT2D eigenvalue weighted by Gasteiger charge is -2.15. The highest BCUT2D eigenvalue weighted by Crippen LogP contribution is 2.19. The quantitative estimate of drug-likeness (QED) is 0.693. The predicted octanol–water partition coefficient (Wildman–Crippen LogP) is 3.73. The molecule has 0 bridgehead atoms. The van der Waals surface area contributed by atoms with Gasteiger partial charge in [-0.2, -0.15) is 0 Å². The molecule has 2 aromatic carbocycles. The minimum absolute atomic E-state index is 0.385. The summed E-state index contributed by atoms with van der Waals surface area (Å²) in [4.78, 5) is 0. The molecule has 0 aliphatic rings. The lowest BCUT2D eigenvalue weighted by Crippen LogP contribution is -2.31. The predicted molar refractivity (Wildman–Crippen MR) is 94.8 cm³/mol. The molecule has 0 aliphatic heterocycles. The van der Waals surface area contributed by atoms with Crippen LogP contribution in [0.15, 0.2) is 54.6 Å². The van der Waals surface area contributed by atoms with Gasteiger partial charge in [0.1, 0.15) is 12.4 Å². The Kier molecular flexibility index (Phi) is 7.11. The molecule has 0 spiro atoms. The van der Waals surface area contributed by atoms with Crippen LogP contribution in [0.3, 0.4) is 0 Å². The van der Waals surface area contributed by atoms with Gasteiger partial charge >= 0.3 is 0 Å². The molecule has 3 nitrogen and oxygen atoms in total. The largest absolute Gasteiger partial charge is 0.492 e. The molecule has 0 heterocycles.